The summed E-state index contributed by atoms with van der Waals surface area (Å²) in [5.41, 5.74) is 1.47. The average Bonchev–Trinajstić information content (AvgIpc) is 3.17. The number of carbonyl (C=O) groups excluding carboxylic acids is 1. The van der Waals surface area contributed by atoms with Crippen molar-refractivity contribution >= 4 is 5.91 Å². The zero-order chi connectivity index (χ0) is 14.7. The van der Waals surface area contributed by atoms with E-state index in [0.29, 0.717) is 5.56 Å². The molecule has 0 aliphatic carbocycles. The van der Waals surface area contributed by atoms with Gasteiger partial charge in [-0.25, -0.2) is 4.98 Å². The lowest BCUT2D eigenvalue weighted by molar-refractivity contribution is 0.0940. The molecule has 1 amide bonds. The van der Waals surface area contributed by atoms with Gasteiger partial charge in [0.15, 0.2) is 0 Å². The monoisotopic (exact) mass is 281 g/mol. The van der Waals surface area contributed by atoms with Crippen LogP contribution in [-0.4, -0.2) is 15.5 Å². The summed E-state index contributed by atoms with van der Waals surface area (Å²) in [7, 11) is 1.91. The van der Waals surface area contributed by atoms with Gasteiger partial charge < -0.3 is 14.3 Å². The van der Waals surface area contributed by atoms with Crippen LogP contribution in [0.2, 0.25) is 0 Å². The molecule has 3 aromatic rings. The lowest BCUT2D eigenvalue weighted by atomic mass is 10.1. The van der Waals surface area contributed by atoms with Crippen LogP contribution in [0.5, 0.6) is 0 Å². The number of aryl methyl sites for hydroxylation is 1. The Morgan fingerprint density at radius 2 is 2.10 bits per heavy atom. The molecule has 21 heavy (non-hydrogen) atoms. The van der Waals surface area contributed by atoms with Crippen molar-refractivity contribution in [1.82, 2.24) is 14.9 Å². The van der Waals surface area contributed by atoms with Gasteiger partial charge in [-0.1, -0.05) is 30.3 Å². The van der Waals surface area contributed by atoms with Crippen LogP contribution in [-0.2, 0) is 7.05 Å². The summed E-state index contributed by atoms with van der Waals surface area (Å²) in [6.07, 6.45) is 6.48. The number of amides is 1. The molecule has 0 radical (unpaired) electrons. The Hall–Kier alpha value is -2.82. The molecule has 1 N–H and O–H groups in total. The van der Waals surface area contributed by atoms with Gasteiger partial charge in [-0.15, -0.1) is 0 Å². The maximum Gasteiger partial charge on any atom is 0.255 e. The number of carbonyl (C=O) groups is 1. The van der Waals surface area contributed by atoms with Crippen LogP contribution in [0.4, 0.5) is 0 Å². The summed E-state index contributed by atoms with van der Waals surface area (Å²) in [5, 5.41) is 3.00. The molecule has 0 spiro atoms. The van der Waals surface area contributed by atoms with E-state index in [0.717, 1.165) is 11.4 Å². The second kappa shape index (κ2) is 5.66. The third kappa shape index (κ3) is 2.72. The molecule has 2 aromatic heterocycles. The van der Waals surface area contributed by atoms with Crippen LogP contribution < -0.4 is 5.32 Å². The van der Waals surface area contributed by atoms with Crippen molar-refractivity contribution in [2.45, 2.75) is 6.04 Å². The van der Waals surface area contributed by atoms with Crippen LogP contribution in [0, 0.1) is 0 Å². The van der Waals surface area contributed by atoms with Crippen LogP contribution in [0.1, 0.15) is 27.8 Å². The zero-order valence-corrected chi connectivity index (χ0v) is 11.6. The summed E-state index contributed by atoms with van der Waals surface area (Å²) >= 11 is 0. The predicted molar refractivity (Wildman–Crippen MR) is 77.7 cm³/mol. The standard InChI is InChI=1S/C16H15N3O2/c1-19-9-8-17-15(19)14(12-5-3-2-4-6-12)18-16(20)13-7-10-21-11-13/h2-11,14H,1H3,(H,18,20). The van der Waals surface area contributed by atoms with E-state index < -0.39 is 0 Å². The van der Waals surface area contributed by atoms with Crippen molar-refractivity contribution in [3.05, 3.63) is 78.3 Å². The Morgan fingerprint density at radius 3 is 2.71 bits per heavy atom. The Balaban J connectivity index is 1.94. The summed E-state index contributed by atoms with van der Waals surface area (Å²) in [4.78, 5) is 16.6. The van der Waals surface area contributed by atoms with Crippen molar-refractivity contribution in [2.75, 3.05) is 0 Å². The van der Waals surface area contributed by atoms with E-state index in [1.54, 1.807) is 12.3 Å². The fraction of sp³-hybridized carbons (Fsp3) is 0.125. The minimum Gasteiger partial charge on any atom is -0.472 e. The van der Waals surface area contributed by atoms with Crippen LogP contribution in [0.15, 0.2) is 65.7 Å². The molecule has 0 aliphatic rings. The molecular formula is C16H15N3O2. The second-order valence-electron chi connectivity index (χ2n) is 4.73. The maximum atomic E-state index is 12.3. The first-order valence-corrected chi connectivity index (χ1v) is 6.61. The van der Waals surface area contributed by atoms with Crippen molar-refractivity contribution in [3.8, 4) is 0 Å². The predicted octanol–water partition coefficient (Wildman–Crippen LogP) is 2.53. The molecule has 106 valence electrons. The molecule has 0 fully saturated rings. The molecule has 3 rings (SSSR count). The number of benzene rings is 1. The lowest BCUT2D eigenvalue weighted by Gasteiger charge is -2.18. The van der Waals surface area contributed by atoms with E-state index in [-0.39, 0.29) is 11.9 Å². The summed E-state index contributed by atoms with van der Waals surface area (Å²) in [6, 6.07) is 11.1. The number of imidazole rings is 1. The topological polar surface area (TPSA) is 60.1 Å². The van der Waals surface area contributed by atoms with E-state index in [1.807, 2.05) is 48.1 Å². The highest BCUT2D eigenvalue weighted by Gasteiger charge is 2.21. The fourth-order valence-corrected chi connectivity index (χ4v) is 2.21. The van der Waals surface area contributed by atoms with Crippen molar-refractivity contribution in [3.63, 3.8) is 0 Å². The smallest absolute Gasteiger partial charge is 0.255 e. The summed E-state index contributed by atoms with van der Waals surface area (Å²) in [5.74, 6) is 0.582. The lowest BCUT2D eigenvalue weighted by Crippen LogP contribution is -2.30. The van der Waals surface area contributed by atoms with Gasteiger partial charge in [0.05, 0.1) is 11.8 Å². The molecule has 0 bridgehead atoms. The Kier molecular flexibility index (Phi) is 3.55. The normalized spacial score (nSPS) is 12.0. The van der Waals surface area contributed by atoms with Crippen LogP contribution >= 0.6 is 0 Å². The number of hydrogen-bond donors (Lipinski definition) is 1. The number of furan rings is 1. The van der Waals surface area contributed by atoms with E-state index in [4.69, 9.17) is 4.42 Å². The molecular weight excluding hydrogens is 266 g/mol. The molecule has 1 atom stereocenters. The summed E-state index contributed by atoms with van der Waals surface area (Å²) < 4.78 is 6.85. The molecule has 0 saturated heterocycles. The van der Waals surface area contributed by atoms with Gasteiger partial charge >= 0.3 is 0 Å². The van der Waals surface area contributed by atoms with Gasteiger partial charge in [0.2, 0.25) is 0 Å². The quantitative estimate of drug-likeness (QED) is 0.799. The third-order valence-corrected chi connectivity index (χ3v) is 3.31. The molecule has 1 unspecified atom stereocenters. The van der Waals surface area contributed by atoms with Crippen LogP contribution in [0.3, 0.4) is 0 Å². The first-order chi connectivity index (χ1) is 10.3. The number of aromatic nitrogens is 2. The highest BCUT2D eigenvalue weighted by atomic mass is 16.3. The SMILES string of the molecule is Cn1ccnc1C(NC(=O)c1ccoc1)c1ccccc1. The maximum absolute atomic E-state index is 12.3. The van der Waals surface area contributed by atoms with Gasteiger partial charge in [0, 0.05) is 19.4 Å². The Labute approximate surface area is 122 Å². The summed E-state index contributed by atoms with van der Waals surface area (Å²) in [6.45, 7) is 0. The van der Waals surface area contributed by atoms with Gasteiger partial charge in [0.25, 0.3) is 5.91 Å². The van der Waals surface area contributed by atoms with Crippen molar-refractivity contribution in [1.29, 1.82) is 0 Å². The second-order valence-corrected chi connectivity index (χ2v) is 4.73. The minimum absolute atomic E-state index is 0.194. The number of hydrogen-bond acceptors (Lipinski definition) is 3. The molecule has 0 aliphatic heterocycles. The highest BCUT2D eigenvalue weighted by Crippen LogP contribution is 2.20. The molecule has 1 aromatic carbocycles. The fourth-order valence-electron chi connectivity index (χ4n) is 2.21. The average molecular weight is 281 g/mol. The highest BCUT2D eigenvalue weighted by molar-refractivity contribution is 5.94. The number of nitrogens with one attached hydrogen (secondary N) is 1. The zero-order valence-electron chi connectivity index (χ0n) is 11.6. The first-order valence-electron chi connectivity index (χ1n) is 6.61. The first kappa shape index (κ1) is 13.2. The largest absolute Gasteiger partial charge is 0.472 e. The molecule has 5 nitrogen and oxygen atoms in total. The van der Waals surface area contributed by atoms with Gasteiger partial charge in [-0.05, 0) is 11.6 Å². The molecule has 5 heteroatoms. The third-order valence-electron chi connectivity index (χ3n) is 3.31. The number of rotatable bonds is 4. The van der Waals surface area contributed by atoms with E-state index in [1.165, 1.54) is 12.5 Å². The Morgan fingerprint density at radius 1 is 1.29 bits per heavy atom. The minimum atomic E-state index is -0.311. The van der Waals surface area contributed by atoms with Gasteiger partial charge in [-0.2, -0.15) is 0 Å². The number of nitrogens with zero attached hydrogens (tertiary/aromatic N) is 2. The van der Waals surface area contributed by atoms with Gasteiger partial charge in [-0.3, -0.25) is 4.79 Å². The molecule has 0 saturated carbocycles. The van der Waals surface area contributed by atoms with Crippen LogP contribution in [0.25, 0.3) is 0 Å². The van der Waals surface area contributed by atoms with E-state index in [2.05, 4.69) is 10.3 Å². The van der Waals surface area contributed by atoms with Crippen molar-refractivity contribution < 1.29 is 9.21 Å². The van der Waals surface area contributed by atoms with Crippen molar-refractivity contribution in [2.24, 2.45) is 7.05 Å². The Bertz CT molecular complexity index is 717. The van der Waals surface area contributed by atoms with E-state index in [9.17, 15) is 4.79 Å². The van der Waals surface area contributed by atoms with E-state index >= 15 is 0 Å². The molecule has 2 heterocycles. The van der Waals surface area contributed by atoms with Gasteiger partial charge in [0.1, 0.15) is 18.1 Å².